The van der Waals surface area contributed by atoms with Gasteiger partial charge in [-0.15, -0.1) is 11.6 Å². The van der Waals surface area contributed by atoms with Gasteiger partial charge in [-0.1, -0.05) is 37.9 Å². The van der Waals surface area contributed by atoms with E-state index in [1.54, 1.807) is 0 Å². The van der Waals surface area contributed by atoms with Crippen molar-refractivity contribution in [1.82, 2.24) is 0 Å². The van der Waals surface area contributed by atoms with Gasteiger partial charge in [0.1, 0.15) is 11.5 Å². The Morgan fingerprint density at radius 2 is 1.68 bits per heavy atom. The minimum absolute atomic E-state index is 0.428. The van der Waals surface area contributed by atoms with Gasteiger partial charge in [0, 0.05) is 14.5 Å². The summed E-state index contributed by atoms with van der Waals surface area (Å²) in [6, 6.07) is 9.88. The van der Waals surface area contributed by atoms with Crippen LogP contribution in [0.1, 0.15) is 16.7 Å². The summed E-state index contributed by atoms with van der Waals surface area (Å²) < 4.78 is 8.05. The fraction of sp³-hybridized carbons (Fsp3) is 0.200. The van der Waals surface area contributed by atoms with Crippen LogP contribution in [0, 0.1) is 13.8 Å². The fourth-order valence-corrected chi connectivity index (χ4v) is 2.62. The number of benzene rings is 2. The molecule has 19 heavy (non-hydrogen) atoms. The van der Waals surface area contributed by atoms with E-state index in [-0.39, 0.29) is 0 Å². The molecule has 100 valence electrons. The molecule has 0 radical (unpaired) electrons. The highest BCUT2D eigenvalue weighted by atomic mass is 79.9. The molecular weight excluding hydrogens is 391 g/mol. The summed E-state index contributed by atoms with van der Waals surface area (Å²) in [5, 5.41) is 0. The summed E-state index contributed by atoms with van der Waals surface area (Å²) in [5.74, 6) is 2.03. The van der Waals surface area contributed by atoms with Crippen molar-refractivity contribution in [3.8, 4) is 11.5 Å². The Labute approximate surface area is 135 Å². The van der Waals surface area contributed by atoms with Gasteiger partial charge in [-0.05, 0) is 49.2 Å². The molecule has 0 fully saturated rings. The molecule has 0 aliphatic heterocycles. The Bertz CT molecular complexity index is 588. The first-order valence-electron chi connectivity index (χ1n) is 5.80. The van der Waals surface area contributed by atoms with Crippen LogP contribution in [-0.2, 0) is 5.88 Å². The monoisotopic (exact) mass is 402 g/mol. The molecule has 0 heterocycles. The van der Waals surface area contributed by atoms with E-state index >= 15 is 0 Å². The highest BCUT2D eigenvalue weighted by Crippen LogP contribution is 2.33. The molecule has 2 rings (SSSR count). The summed E-state index contributed by atoms with van der Waals surface area (Å²) in [5.41, 5.74) is 3.28. The highest BCUT2D eigenvalue weighted by Gasteiger charge is 2.08. The van der Waals surface area contributed by atoms with Crippen molar-refractivity contribution in [2.24, 2.45) is 0 Å². The minimum atomic E-state index is 0.428. The van der Waals surface area contributed by atoms with Crippen molar-refractivity contribution in [2.45, 2.75) is 19.7 Å². The lowest BCUT2D eigenvalue weighted by molar-refractivity contribution is 0.477. The molecule has 0 atom stereocenters. The van der Waals surface area contributed by atoms with Gasteiger partial charge in [0.25, 0.3) is 0 Å². The van der Waals surface area contributed by atoms with Crippen LogP contribution >= 0.6 is 43.5 Å². The van der Waals surface area contributed by atoms with Gasteiger partial charge in [0.2, 0.25) is 0 Å². The van der Waals surface area contributed by atoms with E-state index in [1.807, 2.05) is 44.2 Å². The molecule has 0 spiro atoms. The summed E-state index contributed by atoms with van der Waals surface area (Å²) in [7, 11) is 0. The van der Waals surface area contributed by atoms with Gasteiger partial charge >= 0.3 is 0 Å². The molecule has 0 saturated heterocycles. The summed E-state index contributed by atoms with van der Waals surface area (Å²) in [4.78, 5) is 0. The standard InChI is InChI=1S/C15H13Br2ClO/c1-9-5-13(6-10(2)15(9)17)19-14-7-12(16)4-3-11(14)8-18/h3-7H,8H2,1-2H3. The van der Waals surface area contributed by atoms with E-state index < -0.39 is 0 Å². The maximum atomic E-state index is 5.96. The lowest BCUT2D eigenvalue weighted by Crippen LogP contribution is -1.92. The lowest BCUT2D eigenvalue weighted by Gasteiger charge is -2.12. The van der Waals surface area contributed by atoms with Crippen molar-refractivity contribution >= 4 is 43.5 Å². The number of alkyl halides is 1. The molecule has 1 nitrogen and oxygen atoms in total. The predicted octanol–water partition coefficient (Wildman–Crippen LogP) is 6.36. The van der Waals surface area contributed by atoms with E-state index in [9.17, 15) is 0 Å². The van der Waals surface area contributed by atoms with Crippen molar-refractivity contribution < 1.29 is 4.74 Å². The van der Waals surface area contributed by atoms with Crippen LogP contribution in [-0.4, -0.2) is 0 Å². The third kappa shape index (κ3) is 3.53. The number of halogens is 3. The molecule has 4 heteroatoms. The van der Waals surface area contributed by atoms with Crippen LogP contribution in [0.15, 0.2) is 39.3 Å². The molecule has 0 bridgehead atoms. The zero-order chi connectivity index (χ0) is 14.0. The number of hydrogen-bond donors (Lipinski definition) is 0. The van der Waals surface area contributed by atoms with Crippen LogP contribution in [0.5, 0.6) is 11.5 Å². The second-order valence-corrected chi connectivity index (χ2v) is 6.33. The average Bonchev–Trinajstić information content (AvgIpc) is 2.36. The smallest absolute Gasteiger partial charge is 0.132 e. The van der Waals surface area contributed by atoms with Crippen LogP contribution in [0.2, 0.25) is 0 Å². The molecule has 0 saturated carbocycles. The first-order chi connectivity index (χ1) is 9.01. The highest BCUT2D eigenvalue weighted by molar-refractivity contribution is 9.10. The van der Waals surface area contributed by atoms with Gasteiger partial charge in [-0.25, -0.2) is 0 Å². The molecular formula is C15H13Br2ClO. The zero-order valence-corrected chi connectivity index (χ0v) is 14.6. The topological polar surface area (TPSA) is 9.23 Å². The largest absolute Gasteiger partial charge is 0.457 e. The quantitative estimate of drug-likeness (QED) is 0.541. The first-order valence-corrected chi connectivity index (χ1v) is 7.92. The Kier molecular flexibility index (Phi) is 4.93. The first kappa shape index (κ1) is 14.9. The molecule has 2 aromatic rings. The van der Waals surface area contributed by atoms with Crippen molar-refractivity contribution in [3.05, 3.63) is 56.0 Å². The zero-order valence-electron chi connectivity index (χ0n) is 10.6. The van der Waals surface area contributed by atoms with Gasteiger partial charge in [0.05, 0.1) is 5.88 Å². The minimum Gasteiger partial charge on any atom is -0.457 e. The van der Waals surface area contributed by atoms with Crippen LogP contribution in [0.3, 0.4) is 0 Å². The average molecular weight is 405 g/mol. The van der Waals surface area contributed by atoms with E-state index in [1.165, 1.54) is 0 Å². The van der Waals surface area contributed by atoms with E-state index in [4.69, 9.17) is 16.3 Å². The third-order valence-corrected chi connectivity index (χ3v) is 4.84. The molecule has 0 unspecified atom stereocenters. The van der Waals surface area contributed by atoms with Gasteiger partial charge < -0.3 is 4.74 Å². The second-order valence-electron chi connectivity index (χ2n) is 4.36. The van der Waals surface area contributed by atoms with Crippen LogP contribution in [0.25, 0.3) is 0 Å². The summed E-state index contributed by atoms with van der Waals surface area (Å²) in [6.45, 7) is 4.10. The SMILES string of the molecule is Cc1cc(Oc2cc(Br)ccc2CCl)cc(C)c1Br. The lowest BCUT2D eigenvalue weighted by atomic mass is 10.1. The number of rotatable bonds is 3. The van der Waals surface area contributed by atoms with E-state index in [0.717, 1.165) is 37.1 Å². The van der Waals surface area contributed by atoms with Gasteiger partial charge in [-0.3, -0.25) is 0 Å². The number of hydrogen-bond acceptors (Lipinski definition) is 1. The fourth-order valence-electron chi connectivity index (χ4n) is 1.83. The normalized spacial score (nSPS) is 10.6. The number of aryl methyl sites for hydroxylation is 2. The van der Waals surface area contributed by atoms with Crippen LogP contribution in [0.4, 0.5) is 0 Å². The maximum absolute atomic E-state index is 5.96. The van der Waals surface area contributed by atoms with Crippen LogP contribution < -0.4 is 4.74 Å². The molecule has 0 aliphatic rings. The van der Waals surface area contributed by atoms with Gasteiger partial charge in [-0.2, -0.15) is 0 Å². The molecule has 0 aliphatic carbocycles. The Balaban J connectivity index is 2.38. The predicted molar refractivity (Wildman–Crippen MR) is 87.4 cm³/mol. The van der Waals surface area contributed by atoms with Crippen molar-refractivity contribution in [2.75, 3.05) is 0 Å². The maximum Gasteiger partial charge on any atom is 0.132 e. The summed E-state index contributed by atoms with van der Waals surface area (Å²) >= 11 is 12.9. The number of ether oxygens (including phenoxy) is 1. The van der Waals surface area contributed by atoms with E-state index in [0.29, 0.717) is 5.88 Å². The molecule has 0 aromatic heterocycles. The Morgan fingerprint density at radius 3 is 2.26 bits per heavy atom. The molecule has 0 amide bonds. The second kappa shape index (κ2) is 6.29. The molecule has 0 N–H and O–H groups in total. The van der Waals surface area contributed by atoms with E-state index in [2.05, 4.69) is 31.9 Å². The third-order valence-electron chi connectivity index (χ3n) is 2.81. The van der Waals surface area contributed by atoms with Gasteiger partial charge in [0.15, 0.2) is 0 Å². The van der Waals surface area contributed by atoms with Crippen molar-refractivity contribution in [1.29, 1.82) is 0 Å². The summed E-state index contributed by atoms with van der Waals surface area (Å²) in [6.07, 6.45) is 0. The Morgan fingerprint density at radius 1 is 1.05 bits per heavy atom. The molecule has 2 aromatic carbocycles. The van der Waals surface area contributed by atoms with Crippen molar-refractivity contribution in [3.63, 3.8) is 0 Å². The Hall–Kier alpha value is -0.510.